The summed E-state index contributed by atoms with van der Waals surface area (Å²) in [6, 6.07) is 4.28. The van der Waals surface area contributed by atoms with Gasteiger partial charge < -0.3 is 20.7 Å². The predicted octanol–water partition coefficient (Wildman–Crippen LogP) is 3.50. The Morgan fingerprint density at radius 1 is 1.15 bits per heavy atom. The maximum atomic E-state index is 13.2. The van der Waals surface area contributed by atoms with E-state index in [9.17, 15) is 29.3 Å². The number of amides is 3. The number of carbonyl (C=O) groups is 4. The number of nitrogens with one attached hydrogen (secondary N) is 1. The number of anilines is 1. The van der Waals surface area contributed by atoms with Gasteiger partial charge in [-0.05, 0) is 25.5 Å². The SMILES string of the molecule is CCOC(=O)c1c(NC(=O)CN2CCN(C(=O)c3sc4cc([N+](=O)[O-])ccc4c3Cl)CC2)sc(C(N)=O)c1C. The van der Waals surface area contributed by atoms with E-state index in [1.54, 1.807) is 18.7 Å². The molecule has 3 heterocycles. The molecule has 0 radical (unpaired) electrons. The van der Waals surface area contributed by atoms with Crippen molar-refractivity contribution in [3.05, 3.63) is 54.2 Å². The summed E-state index contributed by atoms with van der Waals surface area (Å²) < 4.78 is 5.62. The summed E-state index contributed by atoms with van der Waals surface area (Å²) in [7, 11) is 0. The minimum absolute atomic E-state index is 0.000456. The first-order chi connectivity index (χ1) is 18.5. The molecule has 0 spiro atoms. The normalized spacial score (nSPS) is 13.9. The van der Waals surface area contributed by atoms with Crippen molar-refractivity contribution < 1.29 is 28.8 Å². The Hall–Kier alpha value is -3.59. The van der Waals surface area contributed by atoms with E-state index in [4.69, 9.17) is 22.1 Å². The third-order valence-electron chi connectivity index (χ3n) is 6.15. The van der Waals surface area contributed by atoms with Crippen LogP contribution in [0.2, 0.25) is 5.02 Å². The minimum Gasteiger partial charge on any atom is -0.462 e. The van der Waals surface area contributed by atoms with Crippen LogP contribution in [0.1, 0.15) is 42.2 Å². The van der Waals surface area contributed by atoms with E-state index in [0.29, 0.717) is 46.7 Å². The molecule has 0 aliphatic carbocycles. The summed E-state index contributed by atoms with van der Waals surface area (Å²) >= 11 is 8.46. The first-order valence-corrected chi connectivity index (χ1v) is 13.8. The number of rotatable bonds is 8. The van der Waals surface area contributed by atoms with Gasteiger partial charge in [-0.1, -0.05) is 11.6 Å². The summed E-state index contributed by atoms with van der Waals surface area (Å²) in [4.78, 5) is 64.7. The second-order valence-electron chi connectivity index (χ2n) is 8.64. The minimum atomic E-state index is -0.707. The Morgan fingerprint density at radius 2 is 1.85 bits per heavy atom. The first kappa shape index (κ1) is 28.4. The van der Waals surface area contributed by atoms with Gasteiger partial charge in [-0.3, -0.25) is 29.4 Å². The fraction of sp³-hybridized carbons (Fsp3) is 0.333. The smallest absolute Gasteiger partial charge is 0.341 e. The fourth-order valence-electron chi connectivity index (χ4n) is 4.21. The highest BCUT2D eigenvalue weighted by Crippen LogP contribution is 2.38. The van der Waals surface area contributed by atoms with Crippen molar-refractivity contribution >= 4 is 78.7 Å². The first-order valence-electron chi connectivity index (χ1n) is 11.8. The number of non-ortho nitro benzene ring substituents is 1. The third-order valence-corrected chi connectivity index (χ3v) is 9.01. The zero-order chi connectivity index (χ0) is 28.4. The van der Waals surface area contributed by atoms with Crippen molar-refractivity contribution in [2.45, 2.75) is 13.8 Å². The topological polar surface area (TPSA) is 165 Å². The van der Waals surface area contributed by atoms with Crippen LogP contribution < -0.4 is 11.1 Å². The maximum Gasteiger partial charge on any atom is 0.341 e. The fourth-order valence-corrected chi connectivity index (χ4v) is 6.79. The second-order valence-corrected chi connectivity index (χ2v) is 11.1. The lowest BCUT2D eigenvalue weighted by atomic mass is 10.1. The molecule has 3 N–H and O–H groups in total. The van der Waals surface area contributed by atoms with Crippen molar-refractivity contribution in [1.29, 1.82) is 0 Å². The predicted molar refractivity (Wildman–Crippen MR) is 148 cm³/mol. The average Bonchev–Trinajstić information content (AvgIpc) is 3.40. The molecule has 1 saturated heterocycles. The number of nitrogens with zero attached hydrogens (tertiary/aromatic N) is 3. The van der Waals surface area contributed by atoms with Gasteiger partial charge in [-0.15, -0.1) is 22.7 Å². The molecule has 12 nitrogen and oxygen atoms in total. The van der Waals surface area contributed by atoms with E-state index in [-0.39, 0.29) is 45.2 Å². The van der Waals surface area contributed by atoms with Crippen molar-refractivity contribution in [3.63, 3.8) is 0 Å². The molecule has 206 valence electrons. The van der Waals surface area contributed by atoms with Crippen LogP contribution in [0.4, 0.5) is 10.7 Å². The molecular formula is C24H24ClN5O7S2. The highest BCUT2D eigenvalue weighted by atomic mass is 35.5. The summed E-state index contributed by atoms with van der Waals surface area (Å²) in [6.45, 7) is 4.85. The van der Waals surface area contributed by atoms with Crippen molar-refractivity contribution in [2.75, 3.05) is 44.6 Å². The van der Waals surface area contributed by atoms with Crippen molar-refractivity contribution in [1.82, 2.24) is 9.80 Å². The van der Waals surface area contributed by atoms with Gasteiger partial charge in [-0.2, -0.15) is 0 Å². The standard InChI is InChI=1S/C24H24ClN5O7S2/c1-3-37-24(34)17-12(2)19(21(26)32)39-22(17)27-16(31)11-28-6-8-29(9-7-28)23(33)20-18(25)14-5-4-13(30(35)36)10-15(14)38-20/h4-5,10H,3,6-9,11H2,1-2H3,(H2,26,32)(H,27,31). The molecule has 2 aromatic heterocycles. The zero-order valence-corrected chi connectivity index (χ0v) is 23.3. The van der Waals surface area contributed by atoms with E-state index in [0.717, 1.165) is 22.7 Å². The van der Waals surface area contributed by atoms with Crippen LogP contribution >= 0.6 is 34.3 Å². The maximum absolute atomic E-state index is 13.2. The van der Waals surface area contributed by atoms with Gasteiger partial charge in [0.05, 0.1) is 33.5 Å². The molecule has 3 amide bonds. The highest BCUT2D eigenvalue weighted by molar-refractivity contribution is 7.21. The Morgan fingerprint density at radius 3 is 2.46 bits per heavy atom. The Labute approximate surface area is 235 Å². The van der Waals surface area contributed by atoms with Crippen LogP contribution in [0, 0.1) is 17.0 Å². The number of hydrogen-bond donors (Lipinski definition) is 2. The van der Waals surface area contributed by atoms with Gasteiger partial charge >= 0.3 is 5.97 Å². The molecule has 1 fully saturated rings. The number of carbonyl (C=O) groups excluding carboxylic acids is 4. The number of halogens is 1. The molecular weight excluding hydrogens is 570 g/mol. The second kappa shape index (κ2) is 11.7. The molecule has 4 rings (SSSR count). The molecule has 3 aromatic rings. The molecule has 1 aromatic carbocycles. The number of ether oxygens (including phenoxy) is 1. The molecule has 39 heavy (non-hydrogen) atoms. The number of nitrogens with two attached hydrogens (primary N) is 1. The van der Waals surface area contributed by atoms with E-state index in [1.807, 2.05) is 4.90 Å². The quantitative estimate of drug-likeness (QED) is 0.227. The zero-order valence-electron chi connectivity index (χ0n) is 20.9. The van der Waals surface area contributed by atoms with Crippen LogP contribution in [0.5, 0.6) is 0 Å². The molecule has 1 aliphatic heterocycles. The van der Waals surface area contributed by atoms with Crippen LogP contribution in [0.3, 0.4) is 0 Å². The lowest BCUT2D eigenvalue weighted by Crippen LogP contribution is -2.50. The number of hydrogen-bond acceptors (Lipinski definition) is 10. The molecule has 0 saturated carbocycles. The lowest BCUT2D eigenvalue weighted by Gasteiger charge is -2.34. The van der Waals surface area contributed by atoms with Gasteiger partial charge in [0.2, 0.25) is 5.91 Å². The monoisotopic (exact) mass is 593 g/mol. The number of nitro benzene ring substituents is 1. The van der Waals surface area contributed by atoms with Crippen molar-refractivity contribution in [3.8, 4) is 0 Å². The third kappa shape index (κ3) is 5.88. The summed E-state index contributed by atoms with van der Waals surface area (Å²) in [5, 5.41) is 14.8. The average molecular weight is 594 g/mol. The van der Waals surface area contributed by atoms with Gasteiger partial charge in [0.15, 0.2) is 0 Å². The number of fused-ring (bicyclic) bond motifs is 1. The van der Waals surface area contributed by atoms with Gasteiger partial charge in [0, 0.05) is 48.4 Å². The van der Waals surface area contributed by atoms with Crippen LogP contribution in [0.25, 0.3) is 10.1 Å². The molecule has 15 heteroatoms. The van der Waals surface area contributed by atoms with Crippen LogP contribution in [-0.4, -0.2) is 77.7 Å². The van der Waals surface area contributed by atoms with E-state index in [1.165, 1.54) is 18.2 Å². The number of primary amides is 1. The molecule has 0 atom stereocenters. The Kier molecular flexibility index (Phi) is 8.49. The summed E-state index contributed by atoms with van der Waals surface area (Å²) in [5.74, 6) is -2.04. The van der Waals surface area contributed by atoms with E-state index < -0.39 is 22.7 Å². The molecule has 0 bridgehead atoms. The Bertz CT molecular complexity index is 1490. The van der Waals surface area contributed by atoms with E-state index >= 15 is 0 Å². The summed E-state index contributed by atoms with van der Waals surface area (Å²) in [6.07, 6.45) is 0. The Balaban J connectivity index is 1.39. The van der Waals surface area contributed by atoms with Crippen LogP contribution in [-0.2, 0) is 9.53 Å². The highest BCUT2D eigenvalue weighted by Gasteiger charge is 2.29. The largest absolute Gasteiger partial charge is 0.462 e. The molecule has 0 unspecified atom stereocenters. The van der Waals surface area contributed by atoms with Gasteiger partial charge in [-0.25, -0.2) is 4.79 Å². The van der Waals surface area contributed by atoms with Gasteiger partial charge in [0.1, 0.15) is 9.88 Å². The molecule has 1 aliphatic rings. The number of nitro groups is 1. The number of piperazine rings is 1. The van der Waals surface area contributed by atoms with Gasteiger partial charge in [0.25, 0.3) is 17.5 Å². The lowest BCUT2D eigenvalue weighted by molar-refractivity contribution is -0.384. The van der Waals surface area contributed by atoms with E-state index in [2.05, 4.69) is 5.32 Å². The number of benzene rings is 1. The van der Waals surface area contributed by atoms with Crippen LogP contribution in [0.15, 0.2) is 18.2 Å². The summed E-state index contributed by atoms with van der Waals surface area (Å²) in [5.41, 5.74) is 5.78. The number of thiophene rings is 2. The number of esters is 1. The van der Waals surface area contributed by atoms with Crippen molar-refractivity contribution in [2.24, 2.45) is 5.73 Å².